The Kier molecular flexibility index (Phi) is 5.86. The first-order valence-corrected chi connectivity index (χ1v) is 7.25. The highest BCUT2D eigenvalue weighted by Crippen LogP contribution is 2.19. The number of amides is 1. The van der Waals surface area contributed by atoms with Crippen LogP contribution in [0.4, 0.5) is 10.1 Å². The van der Waals surface area contributed by atoms with E-state index in [1.54, 1.807) is 12.4 Å². The van der Waals surface area contributed by atoms with Crippen molar-refractivity contribution >= 4 is 23.2 Å². The monoisotopic (exact) mass is 321 g/mol. The van der Waals surface area contributed by atoms with Crippen LogP contribution < -0.4 is 5.32 Å². The third kappa shape index (κ3) is 5.09. The highest BCUT2D eigenvalue weighted by atomic mass is 35.5. The highest BCUT2D eigenvalue weighted by molar-refractivity contribution is 6.31. The Labute approximate surface area is 133 Å². The van der Waals surface area contributed by atoms with Crippen molar-refractivity contribution < 1.29 is 9.18 Å². The maximum Gasteiger partial charge on any atom is 0.238 e. The number of rotatable bonds is 6. The average Bonchev–Trinajstić information content (AvgIpc) is 2.50. The van der Waals surface area contributed by atoms with E-state index < -0.39 is 5.82 Å². The molecule has 1 N–H and O–H groups in total. The number of carbonyl (C=O) groups excluding carboxylic acids is 1. The molecule has 0 unspecified atom stereocenters. The van der Waals surface area contributed by atoms with Crippen molar-refractivity contribution in [3.05, 3.63) is 59.1 Å². The van der Waals surface area contributed by atoms with Gasteiger partial charge >= 0.3 is 0 Å². The van der Waals surface area contributed by atoms with Gasteiger partial charge in [0.2, 0.25) is 5.91 Å². The molecule has 2 aromatic rings. The van der Waals surface area contributed by atoms with Gasteiger partial charge in [-0.15, -0.1) is 0 Å². The maximum atomic E-state index is 13.1. The van der Waals surface area contributed by atoms with Crippen LogP contribution in [0.3, 0.4) is 0 Å². The summed E-state index contributed by atoms with van der Waals surface area (Å²) < 4.78 is 13.1. The van der Waals surface area contributed by atoms with Gasteiger partial charge in [-0.05, 0) is 49.4 Å². The molecule has 0 spiro atoms. The molecule has 0 aliphatic rings. The Morgan fingerprint density at radius 3 is 2.73 bits per heavy atom. The Balaban J connectivity index is 1.79. The summed E-state index contributed by atoms with van der Waals surface area (Å²) >= 11 is 5.68. The van der Waals surface area contributed by atoms with Gasteiger partial charge in [0.15, 0.2) is 0 Å². The molecule has 0 saturated carbocycles. The lowest BCUT2D eigenvalue weighted by Crippen LogP contribution is -2.31. The van der Waals surface area contributed by atoms with Gasteiger partial charge in [-0.1, -0.05) is 11.6 Å². The van der Waals surface area contributed by atoms with Gasteiger partial charge in [-0.25, -0.2) is 4.39 Å². The molecule has 116 valence electrons. The topological polar surface area (TPSA) is 45.2 Å². The van der Waals surface area contributed by atoms with Gasteiger partial charge in [0.05, 0.1) is 11.6 Å². The zero-order valence-corrected chi connectivity index (χ0v) is 13.0. The largest absolute Gasteiger partial charge is 0.325 e. The van der Waals surface area contributed by atoms with Crippen LogP contribution in [-0.4, -0.2) is 35.9 Å². The number of anilines is 1. The van der Waals surface area contributed by atoms with E-state index in [9.17, 15) is 9.18 Å². The van der Waals surface area contributed by atoms with Gasteiger partial charge in [0, 0.05) is 24.6 Å². The Morgan fingerprint density at radius 1 is 1.32 bits per heavy atom. The SMILES string of the molecule is CN(CCc1ccncc1)CC(=O)Nc1ccc(F)c(Cl)c1. The molecular formula is C16H17ClFN3O. The number of aromatic nitrogens is 1. The van der Waals surface area contributed by atoms with Crippen LogP contribution in [0.25, 0.3) is 0 Å². The zero-order chi connectivity index (χ0) is 15.9. The van der Waals surface area contributed by atoms with E-state index in [-0.39, 0.29) is 17.5 Å². The molecule has 1 heterocycles. The molecule has 1 aromatic heterocycles. The molecule has 2 rings (SSSR count). The first-order valence-electron chi connectivity index (χ1n) is 6.87. The van der Waals surface area contributed by atoms with E-state index in [4.69, 9.17) is 11.6 Å². The summed E-state index contributed by atoms with van der Waals surface area (Å²) in [5, 5.41) is 2.69. The molecule has 6 heteroatoms. The van der Waals surface area contributed by atoms with Crippen molar-refractivity contribution in [3.8, 4) is 0 Å². The number of halogens is 2. The fourth-order valence-electron chi connectivity index (χ4n) is 1.97. The first-order chi connectivity index (χ1) is 10.5. The van der Waals surface area contributed by atoms with Crippen LogP contribution in [0, 0.1) is 5.82 Å². The van der Waals surface area contributed by atoms with Gasteiger partial charge < -0.3 is 5.32 Å². The predicted octanol–water partition coefficient (Wildman–Crippen LogP) is 2.99. The summed E-state index contributed by atoms with van der Waals surface area (Å²) in [6.07, 6.45) is 4.34. The Hall–Kier alpha value is -1.98. The summed E-state index contributed by atoms with van der Waals surface area (Å²) in [5.41, 5.74) is 1.66. The normalized spacial score (nSPS) is 10.7. The van der Waals surface area contributed by atoms with Crippen LogP contribution in [-0.2, 0) is 11.2 Å². The minimum absolute atomic E-state index is 0.0103. The van der Waals surface area contributed by atoms with Crippen molar-refractivity contribution in [2.45, 2.75) is 6.42 Å². The average molecular weight is 322 g/mol. The summed E-state index contributed by atoms with van der Waals surface area (Å²) in [6, 6.07) is 8.01. The minimum Gasteiger partial charge on any atom is -0.325 e. The second kappa shape index (κ2) is 7.87. The van der Waals surface area contributed by atoms with E-state index in [0.29, 0.717) is 5.69 Å². The summed E-state index contributed by atoms with van der Waals surface area (Å²) in [5.74, 6) is -0.672. The number of likely N-dealkylation sites (N-methyl/N-ethyl adjacent to an activating group) is 1. The number of hydrogen-bond donors (Lipinski definition) is 1. The van der Waals surface area contributed by atoms with E-state index >= 15 is 0 Å². The molecule has 0 fully saturated rings. The zero-order valence-electron chi connectivity index (χ0n) is 12.2. The number of hydrogen-bond acceptors (Lipinski definition) is 3. The lowest BCUT2D eigenvalue weighted by molar-refractivity contribution is -0.117. The molecule has 1 aromatic carbocycles. The minimum atomic E-state index is -0.505. The van der Waals surface area contributed by atoms with Crippen molar-refractivity contribution in [2.24, 2.45) is 0 Å². The fourth-order valence-corrected chi connectivity index (χ4v) is 2.15. The van der Waals surface area contributed by atoms with E-state index in [1.807, 2.05) is 24.1 Å². The summed E-state index contributed by atoms with van der Waals surface area (Å²) in [6.45, 7) is 1.00. The fraction of sp³-hybridized carbons (Fsp3) is 0.250. The van der Waals surface area contributed by atoms with Crippen LogP contribution >= 0.6 is 11.6 Å². The second-order valence-corrected chi connectivity index (χ2v) is 5.43. The van der Waals surface area contributed by atoms with Crippen molar-refractivity contribution in [3.63, 3.8) is 0 Å². The number of pyridine rings is 1. The Bertz CT molecular complexity index is 637. The van der Waals surface area contributed by atoms with Gasteiger partial charge in [-0.3, -0.25) is 14.7 Å². The van der Waals surface area contributed by atoms with E-state index in [1.165, 1.54) is 23.8 Å². The standard InChI is InChI=1S/C16H17ClFN3O/c1-21(9-6-12-4-7-19-8-5-12)11-16(22)20-13-2-3-15(18)14(17)10-13/h2-5,7-8,10H,6,9,11H2,1H3,(H,20,22). The van der Waals surface area contributed by atoms with Crippen molar-refractivity contribution in [1.29, 1.82) is 0 Å². The summed E-state index contributed by atoms with van der Waals surface area (Å²) in [7, 11) is 1.87. The third-order valence-corrected chi connectivity index (χ3v) is 3.44. The third-order valence-electron chi connectivity index (χ3n) is 3.15. The second-order valence-electron chi connectivity index (χ2n) is 5.02. The summed E-state index contributed by atoms with van der Waals surface area (Å²) in [4.78, 5) is 17.8. The molecule has 0 saturated heterocycles. The molecule has 1 amide bonds. The number of carbonyl (C=O) groups is 1. The van der Waals surface area contributed by atoms with Gasteiger partial charge in [-0.2, -0.15) is 0 Å². The van der Waals surface area contributed by atoms with Gasteiger partial charge in [0.25, 0.3) is 0 Å². The van der Waals surface area contributed by atoms with Crippen LogP contribution in [0.2, 0.25) is 5.02 Å². The number of nitrogens with zero attached hydrogens (tertiary/aromatic N) is 2. The lowest BCUT2D eigenvalue weighted by Gasteiger charge is -2.16. The molecule has 0 radical (unpaired) electrons. The molecule has 0 aliphatic heterocycles. The van der Waals surface area contributed by atoms with Gasteiger partial charge in [0.1, 0.15) is 5.82 Å². The molecule has 4 nitrogen and oxygen atoms in total. The molecule has 22 heavy (non-hydrogen) atoms. The first kappa shape index (κ1) is 16.4. The predicted molar refractivity (Wildman–Crippen MR) is 85.5 cm³/mol. The number of benzene rings is 1. The maximum absolute atomic E-state index is 13.1. The van der Waals surface area contributed by atoms with Crippen molar-refractivity contribution in [2.75, 3.05) is 25.5 Å². The van der Waals surface area contributed by atoms with Crippen molar-refractivity contribution in [1.82, 2.24) is 9.88 Å². The van der Waals surface area contributed by atoms with E-state index in [0.717, 1.165) is 13.0 Å². The molecule has 0 atom stereocenters. The quantitative estimate of drug-likeness (QED) is 0.889. The highest BCUT2D eigenvalue weighted by Gasteiger charge is 2.08. The molecular weight excluding hydrogens is 305 g/mol. The van der Waals surface area contributed by atoms with Crippen LogP contribution in [0.15, 0.2) is 42.7 Å². The van der Waals surface area contributed by atoms with E-state index in [2.05, 4.69) is 10.3 Å². The smallest absolute Gasteiger partial charge is 0.238 e. The Morgan fingerprint density at radius 2 is 2.05 bits per heavy atom. The molecule has 0 aliphatic carbocycles. The van der Waals surface area contributed by atoms with Crippen LogP contribution in [0.5, 0.6) is 0 Å². The lowest BCUT2D eigenvalue weighted by atomic mass is 10.2. The van der Waals surface area contributed by atoms with Crippen LogP contribution in [0.1, 0.15) is 5.56 Å². The number of nitrogens with one attached hydrogen (secondary N) is 1. The molecule has 0 bridgehead atoms.